The summed E-state index contributed by atoms with van der Waals surface area (Å²) < 4.78 is 5.17. The van der Waals surface area contributed by atoms with Crippen molar-refractivity contribution >= 4 is 5.97 Å². The number of nitrogens with one attached hydrogen (secondary N) is 1. The van der Waals surface area contributed by atoms with Gasteiger partial charge in [0.15, 0.2) is 0 Å². The van der Waals surface area contributed by atoms with Gasteiger partial charge >= 0.3 is 5.97 Å². The summed E-state index contributed by atoms with van der Waals surface area (Å²) >= 11 is 0. The van der Waals surface area contributed by atoms with E-state index in [4.69, 9.17) is 4.74 Å². The highest BCUT2D eigenvalue weighted by Gasteiger charge is 2.47. The average Bonchev–Trinajstić information content (AvgIpc) is 2.73. The molecule has 0 aliphatic heterocycles. The maximum Gasteiger partial charge on any atom is 0.323 e. The van der Waals surface area contributed by atoms with Gasteiger partial charge in [-0.25, -0.2) is 0 Å². The molecular weight excluding hydrogens is 244 g/mol. The van der Waals surface area contributed by atoms with Crippen molar-refractivity contribution in [3.05, 3.63) is 0 Å². The van der Waals surface area contributed by atoms with Crippen LogP contribution in [-0.4, -0.2) is 60.4 Å². The number of methoxy groups -OCH3 is 1. The summed E-state index contributed by atoms with van der Waals surface area (Å²) in [7, 11) is 3.75. The monoisotopic (exact) mass is 272 g/mol. The van der Waals surface area contributed by atoms with Crippen LogP contribution >= 0.6 is 0 Å². The van der Waals surface area contributed by atoms with E-state index in [2.05, 4.69) is 24.2 Å². The van der Waals surface area contributed by atoms with Crippen LogP contribution in [0.3, 0.4) is 0 Å². The number of hydrogen-bond donors (Lipinski definition) is 2. The number of hydrogen-bond acceptors (Lipinski definition) is 4. The molecule has 3 unspecified atom stereocenters. The van der Waals surface area contributed by atoms with Crippen LogP contribution in [0.15, 0.2) is 0 Å². The van der Waals surface area contributed by atoms with E-state index in [0.29, 0.717) is 31.5 Å². The Kier molecular flexibility index (Phi) is 5.77. The summed E-state index contributed by atoms with van der Waals surface area (Å²) in [6.07, 6.45) is 2.26. The number of carboxylic acids is 1. The Hall–Kier alpha value is -0.650. The largest absolute Gasteiger partial charge is 0.480 e. The molecule has 5 heteroatoms. The predicted octanol–water partition coefficient (Wildman–Crippen LogP) is 1.33. The van der Waals surface area contributed by atoms with Gasteiger partial charge in [-0.1, -0.05) is 0 Å². The first-order valence-electron chi connectivity index (χ1n) is 7.04. The Balaban J connectivity index is 2.70. The molecule has 3 atom stereocenters. The zero-order chi connectivity index (χ0) is 14.6. The lowest BCUT2D eigenvalue weighted by molar-refractivity contribution is -0.145. The van der Waals surface area contributed by atoms with Crippen molar-refractivity contribution in [1.82, 2.24) is 10.2 Å². The minimum Gasteiger partial charge on any atom is -0.480 e. The second-order valence-corrected chi connectivity index (χ2v) is 6.05. The van der Waals surface area contributed by atoms with Crippen LogP contribution in [-0.2, 0) is 9.53 Å². The quantitative estimate of drug-likeness (QED) is 0.732. The van der Waals surface area contributed by atoms with Crippen LogP contribution in [0.4, 0.5) is 0 Å². The minimum absolute atomic E-state index is 0.177. The molecular formula is C14H28N2O3. The molecule has 0 bridgehead atoms. The first kappa shape index (κ1) is 16.4. The Bertz CT molecular complexity index is 309. The molecule has 1 rings (SSSR count). The standard InChI is InChI=1S/C14H28N2O3/c1-10(2)15-14(13(17)18)7-6-12(8-14)16(4)11(3)9-19-5/h10-12,15H,6-9H2,1-5H3,(H,17,18). The molecule has 1 fully saturated rings. The number of ether oxygens (including phenoxy) is 1. The average molecular weight is 272 g/mol. The fraction of sp³-hybridized carbons (Fsp3) is 0.929. The SMILES string of the molecule is COCC(C)N(C)C1CCC(NC(C)C)(C(=O)O)C1. The smallest absolute Gasteiger partial charge is 0.323 e. The van der Waals surface area contributed by atoms with Crippen molar-refractivity contribution in [3.8, 4) is 0 Å². The summed E-state index contributed by atoms with van der Waals surface area (Å²) in [5.74, 6) is -0.725. The zero-order valence-electron chi connectivity index (χ0n) is 12.8. The summed E-state index contributed by atoms with van der Waals surface area (Å²) in [4.78, 5) is 13.9. The fourth-order valence-corrected chi connectivity index (χ4v) is 3.03. The molecule has 19 heavy (non-hydrogen) atoms. The summed E-state index contributed by atoms with van der Waals surface area (Å²) in [6.45, 7) is 6.77. The van der Waals surface area contributed by atoms with Gasteiger partial charge in [0, 0.05) is 25.2 Å². The molecule has 0 radical (unpaired) electrons. The number of aliphatic carboxylic acids is 1. The van der Waals surface area contributed by atoms with Crippen LogP contribution in [0.2, 0.25) is 0 Å². The highest BCUT2D eigenvalue weighted by atomic mass is 16.5. The normalized spacial score (nSPS) is 29.1. The van der Waals surface area contributed by atoms with E-state index in [1.54, 1.807) is 7.11 Å². The molecule has 1 aliphatic rings. The lowest BCUT2D eigenvalue weighted by Crippen LogP contribution is -2.54. The first-order valence-corrected chi connectivity index (χ1v) is 7.04. The molecule has 0 heterocycles. The zero-order valence-corrected chi connectivity index (χ0v) is 12.8. The second kappa shape index (κ2) is 6.68. The summed E-state index contributed by atoms with van der Waals surface area (Å²) in [5, 5.41) is 12.8. The van der Waals surface area contributed by atoms with Crippen LogP contribution < -0.4 is 5.32 Å². The van der Waals surface area contributed by atoms with Crippen LogP contribution in [0, 0.1) is 0 Å². The van der Waals surface area contributed by atoms with Gasteiger partial charge in [0.1, 0.15) is 5.54 Å². The number of carbonyl (C=O) groups is 1. The molecule has 0 aromatic carbocycles. The molecule has 0 aromatic rings. The molecule has 1 saturated carbocycles. The molecule has 0 spiro atoms. The van der Waals surface area contributed by atoms with Crippen molar-refractivity contribution in [2.24, 2.45) is 0 Å². The van der Waals surface area contributed by atoms with Crippen molar-refractivity contribution in [1.29, 1.82) is 0 Å². The van der Waals surface area contributed by atoms with Gasteiger partial charge in [-0.2, -0.15) is 0 Å². The maximum atomic E-state index is 11.6. The molecule has 0 saturated heterocycles. The van der Waals surface area contributed by atoms with E-state index < -0.39 is 11.5 Å². The van der Waals surface area contributed by atoms with Gasteiger partial charge in [-0.15, -0.1) is 0 Å². The van der Waals surface area contributed by atoms with Gasteiger partial charge < -0.3 is 9.84 Å². The third-order valence-corrected chi connectivity index (χ3v) is 4.14. The molecule has 5 nitrogen and oxygen atoms in total. The third-order valence-electron chi connectivity index (χ3n) is 4.14. The Labute approximate surface area is 116 Å². The topological polar surface area (TPSA) is 61.8 Å². The van der Waals surface area contributed by atoms with Gasteiger partial charge in [0.05, 0.1) is 6.61 Å². The lowest BCUT2D eigenvalue weighted by atomic mass is 9.96. The number of nitrogens with zero attached hydrogens (tertiary/aromatic N) is 1. The summed E-state index contributed by atoms with van der Waals surface area (Å²) in [6, 6.07) is 0.780. The van der Waals surface area contributed by atoms with Crippen molar-refractivity contribution in [2.45, 2.75) is 63.7 Å². The Morgan fingerprint density at radius 2 is 2.16 bits per heavy atom. The van der Waals surface area contributed by atoms with E-state index in [9.17, 15) is 9.90 Å². The van der Waals surface area contributed by atoms with E-state index in [1.165, 1.54) is 0 Å². The van der Waals surface area contributed by atoms with E-state index >= 15 is 0 Å². The first-order chi connectivity index (χ1) is 8.82. The molecule has 0 aromatic heterocycles. The van der Waals surface area contributed by atoms with E-state index in [1.807, 2.05) is 13.8 Å². The van der Waals surface area contributed by atoms with Crippen molar-refractivity contribution < 1.29 is 14.6 Å². The highest BCUT2D eigenvalue weighted by molar-refractivity contribution is 5.79. The van der Waals surface area contributed by atoms with Crippen LogP contribution in [0.1, 0.15) is 40.0 Å². The molecule has 2 N–H and O–H groups in total. The Morgan fingerprint density at radius 3 is 2.63 bits per heavy atom. The van der Waals surface area contributed by atoms with Gasteiger partial charge in [0.2, 0.25) is 0 Å². The van der Waals surface area contributed by atoms with E-state index in [0.717, 1.165) is 6.42 Å². The number of carboxylic acid groups (broad SMARTS) is 1. The maximum absolute atomic E-state index is 11.6. The van der Waals surface area contributed by atoms with E-state index in [-0.39, 0.29) is 6.04 Å². The molecule has 112 valence electrons. The second-order valence-electron chi connectivity index (χ2n) is 6.05. The molecule has 0 amide bonds. The minimum atomic E-state index is -0.764. The van der Waals surface area contributed by atoms with Gasteiger partial charge in [-0.05, 0) is 47.1 Å². The fourth-order valence-electron chi connectivity index (χ4n) is 3.03. The summed E-state index contributed by atoms with van der Waals surface area (Å²) in [5.41, 5.74) is -0.764. The van der Waals surface area contributed by atoms with Crippen molar-refractivity contribution in [3.63, 3.8) is 0 Å². The molecule has 1 aliphatic carbocycles. The van der Waals surface area contributed by atoms with Crippen LogP contribution in [0.25, 0.3) is 0 Å². The Morgan fingerprint density at radius 1 is 1.53 bits per heavy atom. The third kappa shape index (κ3) is 3.91. The van der Waals surface area contributed by atoms with Crippen molar-refractivity contribution in [2.75, 3.05) is 20.8 Å². The lowest BCUT2D eigenvalue weighted by Gasteiger charge is -2.33. The predicted molar refractivity (Wildman–Crippen MR) is 75.4 cm³/mol. The number of rotatable bonds is 7. The van der Waals surface area contributed by atoms with Gasteiger partial charge in [-0.3, -0.25) is 15.0 Å². The number of likely N-dealkylation sites (N-methyl/N-ethyl adjacent to an activating group) is 1. The van der Waals surface area contributed by atoms with Gasteiger partial charge in [0.25, 0.3) is 0 Å². The van der Waals surface area contributed by atoms with Crippen LogP contribution in [0.5, 0.6) is 0 Å². The highest BCUT2D eigenvalue weighted by Crippen LogP contribution is 2.34.